The average molecular weight is 224 g/mol. The Kier molecular flexibility index (Phi) is 4.86. The first-order valence-electron chi connectivity index (χ1n) is 5.39. The van der Waals surface area contributed by atoms with Gasteiger partial charge in [-0.05, 0) is 36.1 Å². The number of benzene rings is 1. The highest BCUT2D eigenvalue weighted by Gasteiger charge is 2.04. The molecule has 0 aromatic heterocycles. The van der Waals surface area contributed by atoms with Crippen molar-refractivity contribution >= 4 is 18.0 Å². The molecule has 1 heterocycles. The predicted molar refractivity (Wildman–Crippen MR) is 68.5 cm³/mol. The molecule has 1 aromatic rings. The molecule has 15 heavy (non-hydrogen) atoms. The van der Waals surface area contributed by atoms with E-state index < -0.39 is 0 Å². The Labute approximate surface area is 98.0 Å². The van der Waals surface area contributed by atoms with Gasteiger partial charge in [-0.25, -0.2) is 0 Å². The van der Waals surface area contributed by atoms with Gasteiger partial charge in [-0.15, -0.1) is 12.4 Å². The molecule has 0 spiro atoms. The summed E-state index contributed by atoms with van der Waals surface area (Å²) in [6.45, 7) is 4.32. The molecule has 0 saturated heterocycles. The maximum Gasteiger partial charge on any atom is 0.0140 e. The van der Waals surface area contributed by atoms with Crippen molar-refractivity contribution in [3.05, 3.63) is 41.5 Å². The summed E-state index contributed by atoms with van der Waals surface area (Å²) in [5.41, 5.74) is 4.30. The molecule has 0 saturated carbocycles. The van der Waals surface area contributed by atoms with Crippen molar-refractivity contribution in [3.8, 4) is 0 Å². The number of aryl methyl sites for hydroxylation is 1. The fourth-order valence-electron chi connectivity index (χ4n) is 1.84. The SMILES string of the molecule is CCc1ccc(C2=CCNCC2)cc1.Cl. The van der Waals surface area contributed by atoms with E-state index in [0.29, 0.717) is 0 Å². The third-order valence-corrected chi connectivity index (χ3v) is 2.80. The van der Waals surface area contributed by atoms with E-state index in [1.807, 2.05) is 0 Å². The number of nitrogens with one attached hydrogen (secondary N) is 1. The molecule has 1 aromatic carbocycles. The summed E-state index contributed by atoms with van der Waals surface area (Å²) in [6.07, 6.45) is 4.58. The van der Waals surface area contributed by atoms with Crippen molar-refractivity contribution in [2.45, 2.75) is 19.8 Å². The molecule has 0 atom stereocenters. The van der Waals surface area contributed by atoms with Crippen LogP contribution in [-0.4, -0.2) is 13.1 Å². The summed E-state index contributed by atoms with van der Waals surface area (Å²) in [7, 11) is 0. The normalized spacial score (nSPS) is 15.4. The van der Waals surface area contributed by atoms with Gasteiger partial charge in [0.25, 0.3) is 0 Å². The lowest BCUT2D eigenvalue weighted by atomic mass is 9.99. The van der Waals surface area contributed by atoms with E-state index in [1.54, 1.807) is 0 Å². The van der Waals surface area contributed by atoms with Gasteiger partial charge in [0.05, 0.1) is 0 Å². The Hall–Kier alpha value is -0.790. The van der Waals surface area contributed by atoms with Crippen LogP contribution in [0, 0.1) is 0 Å². The molecule has 0 unspecified atom stereocenters. The fourth-order valence-corrected chi connectivity index (χ4v) is 1.84. The summed E-state index contributed by atoms with van der Waals surface area (Å²) in [4.78, 5) is 0. The topological polar surface area (TPSA) is 12.0 Å². The van der Waals surface area contributed by atoms with Crippen molar-refractivity contribution in [1.29, 1.82) is 0 Å². The molecule has 0 aliphatic carbocycles. The third-order valence-electron chi connectivity index (χ3n) is 2.80. The van der Waals surface area contributed by atoms with Crippen molar-refractivity contribution in [3.63, 3.8) is 0 Å². The zero-order valence-electron chi connectivity index (χ0n) is 9.12. The van der Waals surface area contributed by atoms with E-state index in [0.717, 1.165) is 25.9 Å². The van der Waals surface area contributed by atoms with E-state index in [4.69, 9.17) is 0 Å². The highest BCUT2D eigenvalue weighted by Crippen LogP contribution is 2.19. The number of rotatable bonds is 2. The molecule has 1 aliphatic heterocycles. The summed E-state index contributed by atoms with van der Waals surface area (Å²) in [5.74, 6) is 0. The Morgan fingerprint density at radius 2 is 1.93 bits per heavy atom. The zero-order chi connectivity index (χ0) is 9.80. The molecule has 1 N–H and O–H groups in total. The van der Waals surface area contributed by atoms with Gasteiger partial charge in [-0.2, -0.15) is 0 Å². The smallest absolute Gasteiger partial charge is 0.0140 e. The molecular weight excluding hydrogens is 206 g/mol. The minimum Gasteiger partial charge on any atom is -0.313 e. The second-order valence-electron chi connectivity index (χ2n) is 3.73. The minimum atomic E-state index is 0. The summed E-state index contributed by atoms with van der Waals surface area (Å²) in [6, 6.07) is 8.96. The van der Waals surface area contributed by atoms with Crippen LogP contribution in [0.15, 0.2) is 30.3 Å². The van der Waals surface area contributed by atoms with Gasteiger partial charge in [0.15, 0.2) is 0 Å². The summed E-state index contributed by atoms with van der Waals surface area (Å²) >= 11 is 0. The molecule has 2 heteroatoms. The van der Waals surface area contributed by atoms with Crippen molar-refractivity contribution in [1.82, 2.24) is 5.32 Å². The zero-order valence-corrected chi connectivity index (χ0v) is 9.94. The van der Waals surface area contributed by atoms with Crippen LogP contribution in [-0.2, 0) is 6.42 Å². The van der Waals surface area contributed by atoms with E-state index in [2.05, 4.69) is 42.6 Å². The van der Waals surface area contributed by atoms with E-state index >= 15 is 0 Å². The van der Waals surface area contributed by atoms with E-state index in [-0.39, 0.29) is 12.4 Å². The molecule has 1 aliphatic rings. The monoisotopic (exact) mass is 223 g/mol. The molecule has 82 valence electrons. The molecular formula is C13H18ClN. The Morgan fingerprint density at radius 1 is 1.20 bits per heavy atom. The second-order valence-corrected chi connectivity index (χ2v) is 3.73. The van der Waals surface area contributed by atoms with Crippen molar-refractivity contribution < 1.29 is 0 Å². The highest BCUT2D eigenvalue weighted by molar-refractivity contribution is 5.85. The quantitative estimate of drug-likeness (QED) is 0.813. The fraction of sp³-hybridized carbons (Fsp3) is 0.385. The van der Waals surface area contributed by atoms with Gasteiger partial charge in [-0.1, -0.05) is 37.3 Å². The Morgan fingerprint density at radius 3 is 2.47 bits per heavy atom. The maximum atomic E-state index is 3.33. The van der Waals surface area contributed by atoms with Crippen LogP contribution in [0.5, 0.6) is 0 Å². The van der Waals surface area contributed by atoms with Crippen LogP contribution < -0.4 is 5.32 Å². The summed E-state index contributed by atoms with van der Waals surface area (Å²) < 4.78 is 0. The largest absolute Gasteiger partial charge is 0.313 e. The first-order chi connectivity index (χ1) is 6.90. The van der Waals surface area contributed by atoms with Crippen molar-refractivity contribution in [2.24, 2.45) is 0 Å². The Balaban J connectivity index is 0.00000112. The van der Waals surface area contributed by atoms with Crippen LogP contribution in [0.3, 0.4) is 0 Å². The standard InChI is InChI=1S/C13H17N.ClH/c1-2-11-3-5-12(6-4-11)13-7-9-14-10-8-13;/h3-7,14H,2,8-10H2,1H3;1H. The van der Waals surface area contributed by atoms with Crippen LogP contribution in [0.1, 0.15) is 24.5 Å². The number of hydrogen-bond donors (Lipinski definition) is 1. The lowest BCUT2D eigenvalue weighted by Gasteiger charge is -2.14. The molecule has 0 amide bonds. The Bertz CT molecular complexity index is 327. The van der Waals surface area contributed by atoms with Crippen LogP contribution in [0.2, 0.25) is 0 Å². The average Bonchev–Trinajstić information content (AvgIpc) is 2.30. The van der Waals surface area contributed by atoms with Crippen LogP contribution in [0.25, 0.3) is 5.57 Å². The van der Waals surface area contributed by atoms with Gasteiger partial charge < -0.3 is 5.32 Å². The van der Waals surface area contributed by atoms with E-state index in [1.165, 1.54) is 16.7 Å². The minimum absolute atomic E-state index is 0. The van der Waals surface area contributed by atoms with Gasteiger partial charge in [0, 0.05) is 6.54 Å². The van der Waals surface area contributed by atoms with Gasteiger partial charge in [-0.3, -0.25) is 0 Å². The van der Waals surface area contributed by atoms with Crippen LogP contribution >= 0.6 is 12.4 Å². The number of hydrogen-bond acceptors (Lipinski definition) is 1. The lowest BCUT2D eigenvalue weighted by Crippen LogP contribution is -2.19. The van der Waals surface area contributed by atoms with Gasteiger partial charge >= 0.3 is 0 Å². The van der Waals surface area contributed by atoms with Crippen LogP contribution in [0.4, 0.5) is 0 Å². The predicted octanol–water partition coefficient (Wildman–Crippen LogP) is 3.05. The second kappa shape index (κ2) is 5.94. The molecule has 1 nitrogen and oxygen atoms in total. The lowest BCUT2D eigenvalue weighted by molar-refractivity contribution is 0.738. The molecule has 0 radical (unpaired) electrons. The van der Waals surface area contributed by atoms with Gasteiger partial charge in [0.1, 0.15) is 0 Å². The molecule has 0 bridgehead atoms. The van der Waals surface area contributed by atoms with E-state index in [9.17, 15) is 0 Å². The maximum absolute atomic E-state index is 3.33. The molecule has 0 fully saturated rings. The van der Waals surface area contributed by atoms with Gasteiger partial charge in [0.2, 0.25) is 0 Å². The highest BCUT2D eigenvalue weighted by atomic mass is 35.5. The first kappa shape index (κ1) is 12.3. The molecule has 2 rings (SSSR count). The summed E-state index contributed by atoms with van der Waals surface area (Å²) in [5, 5.41) is 3.33. The third kappa shape index (κ3) is 3.08. The van der Waals surface area contributed by atoms with Crippen molar-refractivity contribution in [2.75, 3.05) is 13.1 Å². The number of halogens is 1. The first-order valence-corrected chi connectivity index (χ1v) is 5.39.